The standard InChI is InChI=1S/C14H21ClN2O/c1-10-12(5-2-6-13(10)15)14(17-16)8-7-11-4-3-9-18-11/h2,5-6,11,14,17H,3-4,7-9,16H2,1H3. The van der Waals surface area contributed by atoms with Crippen molar-refractivity contribution in [3.05, 3.63) is 34.3 Å². The molecule has 2 rings (SSSR count). The van der Waals surface area contributed by atoms with Crippen molar-refractivity contribution in [2.75, 3.05) is 6.61 Å². The molecule has 1 aliphatic rings. The fraction of sp³-hybridized carbons (Fsp3) is 0.571. The van der Waals surface area contributed by atoms with Gasteiger partial charge in [-0.05, 0) is 49.8 Å². The number of hydrogen-bond donors (Lipinski definition) is 2. The number of hydrazine groups is 1. The smallest absolute Gasteiger partial charge is 0.0576 e. The van der Waals surface area contributed by atoms with E-state index in [2.05, 4.69) is 11.5 Å². The van der Waals surface area contributed by atoms with E-state index >= 15 is 0 Å². The van der Waals surface area contributed by atoms with Gasteiger partial charge < -0.3 is 4.74 Å². The Morgan fingerprint density at radius 1 is 1.56 bits per heavy atom. The molecule has 1 aliphatic heterocycles. The average molecular weight is 269 g/mol. The van der Waals surface area contributed by atoms with Crippen LogP contribution in [0.4, 0.5) is 0 Å². The van der Waals surface area contributed by atoms with Gasteiger partial charge in [0.2, 0.25) is 0 Å². The van der Waals surface area contributed by atoms with Crippen LogP contribution in [0.5, 0.6) is 0 Å². The number of nitrogens with two attached hydrogens (primary N) is 1. The summed E-state index contributed by atoms with van der Waals surface area (Å²) in [5, 5.41) is 0.796. The number of hydrogen-bond acceptors (Lipinski definition) is 3. The van der Waals surface area contributed by atoms with E-state index in [1.54, 1.807) is 0 Å². The molecular formula is C14H21ClN2O. The van der Waals surface area contributed by atoms with Crippen LogP contribution < -0.4 is 11.3 Å². The summed E-state index contributed by atoms with van der Waals surface area (Å²) in [5.41, 5.74) is 5.19. The van der Waals surface area contributed by atoms with E-state index in [4.69, 9.17) is 22.2 Å². The molecular weight excluding hydrogens is 248 g/mol. The number of rotatable bonds is 5. The first-order valence-electron chi connectivity index (χ1n) is 6.55. The van der Waals surface area contributed by atoms with Crippen LogP contribution in [0, 0.1) is 6.92 Å². The molecule has 1 heterocycles. The third-order valence-corrected chi connectivity index (χ3v) is 4.10. The molecule has 100 valence electrons. The summed E-state index contributed by atoms with van der Waals surface area (Å²) in [7, 11) is 0. The van der Waals surface area contributed by atoms with Crippen LogP contribution in [0.2, 0.25) is 5.02 Å². The van der Waals surface area contributed by atoms with Crippen molar-refractivity contribution in [2.45, 2.75) is 44.8 Å². The number of ether oxygens (including phenoxy) is 1. The first-order chi connectivity index (χ1) is 8.72. The lowest BCUT2D eigenvalue weighted by Gasteiger charge is -2.20. The van der Waals surface area contributed by atoms with Gasteiger partial charge in [-0.15, -0.1) is 0 Å². The molecule has 2 atom stereocenters. The van der Waals surface area contributed by atoms with Crippen LogP contribution in [0.3, 0.4) is 0 Å². The summed E-state index contributed by atoms with van der Waals surface area (Å²) >= 11 is 6.15. The highest BCUT2D eigenvalue weighted by Gasteiger charge is 2.19. The van der Waals surface area contributed by atoms with Gasteiger partial charge in [0.1, 0.15) is 0 Å². The molecule has 3 N–H and O–H groups in total. The molecule has 0 aliphatic carbocycles. The monoisotopic (exact) mass is 268 g/mol. The van der Waals surface area contributed by atoms with E-state index < -0.39 is 0 Å². The quantitative estimate of drug-likeness (QED) is 0.637. The maximum atomic E-state index is 6.15. The van der Waals surface area contributed by atoms with Crippen LogP contribution in [0.25, 0.3) is 0 Å². The van der Waals surface area contributed by atoms with Gasteiger partial charge >= 0.3 is 0 Å². The molecule has 2 unspecified atom stereocenters. The molecule has 1 aromatic rings. The minimum atomic E-state index is 0.146. The SMILES string of the molecule is Cc1c(Cl)cccc1C(CCC1CCCO1)NN. The van der Waals surface area contributed by atoms with Crippen molar-refractivity contribution in [2.24, 2.45) is 5.84 Å². The second kappa shape index (κ2) is 6.53. The summed E-state index contributed by atoms with van der Waals surface area (Å²) in [6.45, 7) is 2.94. The Morgan fingerprint density at radius 2 is 2.39 bits per heavy atom. The Bertz CT molecular complexity index is 391. The van der Waals surface area contributed by atoms with Gasteiger partial charge in [-0.3, -0.25) is 11.3 Å². The van der Waals surface area contributed by atoms with Crippen LogP contribution in [0.15, 0.2) is 18.2 Å². The van der Waals surface area contributed by atoms with Crippen LogP contribution in [0.1, 0.15) is 42.9 Å². The number of nitrogens with one attached hydrogen (secondary N) is 1. The highest BCUT2D eigenvalue weighted by Crippen LogP contribution is 2.28. The van der Waals surface area contributed by atoms with Crippen molar-refractivity contribution >= 4 is 11.6 Å². The molecule has 0 amide bonds. The van der Waals surface area contributed by atoms with Crippen molar-refractivity contribution in [3.63, 3.8) is 0 Å². The fourth-order valence-electron chi connectivity index (χ4n) is 2.55. The maximum absolute atomic E-state index is 6.15. The van der Waals surface area contributed by atoms with E-state index in [1.807, 2.05) is 19.1 Å². The number of halogens is 1. The van der Waals surface area contributed by atoms with Crippen LogP contribution in [-0.2, 0) is 4.74 Å². The van der Waals surface area contributed by atoms with E-state index in [1.165, 1.54) is 18.4 Å². The van der Waals surface area contributed by atoms with Crippen LogP contribution >= 0.6 is 11.6 Å². The van der Waals surface area contributed by atoms with Gasteiger partial charge in [0, 0.05) is 17.7 Å². The average Bonchev–Trinajstić information content (AvgIpc) is 2.88. The minimum Gasteiger partial charge on any atom is -0.378 e. The molecule has 0 bridgehead atoms. The number of benzene rings is 1. The van der Waals surface area contributed by atoms with Gasteiger partial charge in [-0.25, -0.2) is 0 Å². The van der Waals surface area contributed by atoms with E-state index in [0.717, 1.165) is 30.0 Å². The molecule has 1 aromatic carbocycles. The summed E-state index contributed by atoms with van der Waals surface area (Å²) in [4.78, 5) is 0. The zero-order chi connectivity index (χ0) is 13.0. The molecule has 1 fully saturated rings. The molecule has 1 saturated heterocycles. The second-order valence-electron chi connectivity index (χ2n) is 4.89. The third-order valence-electron chi connectivity index (χ3n) is 3.69. The van der Waals surface area contributed by atoms with E-state index in [-0.39, 0.29) is 6.04 Å². The minimum absolute atomic E-state index is 0.146. The maximum Gasteiger partial charge on any atom is 0.0576 e. The lowest BCUT2D eigenvalue weighted by molar-refractivity contribution is 0.0996. The molecule has 4 heteroatoms. The van der Waals surface area contributed by atoms with E-state index in [0.29, 0.717) is 6.10 Å². The Kier molecular flexibility index (Phi) is 5.01. The Morgan fingerprint density at radius 3 is 3.06 bits per heavy atom. The first-order valence-corrected chi connectivity index (χ1v) is 6.93. The molecule has 0 radical (unpaired) electrons. The molecule has 0 aromatic heterocycles. The zero-order valence-corrected chi connectivity index (χ0v) is 11.5. The normalized spacial score (nSPS) is 21.2. The second-order valence-corrected chi connectivity index (χ2v) is 5.29. The molecule has 0 saturated carbocycles. The summed E-state index contributed by atoms with van der Waals surface area (Å²) in [5.74, 6) is 5.67. The van der Waals surface area contributed by atoms with Gasteiger partial charge in [0.15, 0.2) is 0 Å². The van der Waals surface area contributed by atoms with Gasteiger partial charge in [0.05, 0.1) is 6.10 Å². The lowest BCUT2D eigenvalue weighted by Crippen LogP contribution is -2.29. The largest absolute Gasteiger partial charge is 0.378 e. The molecule has 3 nitrogen and oxygen atoms in total. The highest BCUT2D eigenvalue weighted by molar-refractivity contribution is 6.31. The lowest BCUT2D eigenvalue weighted by atomic mass is 9.96. The van der Waals surface area contributed by atoms with Gasteiger partial charge in [0.25, 0.3) is 0 Å². The first kappa shape index (κ1) is 13.8. The van der Waals surface area contributed by atoms with Crippen molar-refractivity contribution in [1.29, 1.82) is 0 Å². The highest BCUT2D eigenvalue weighted by atomic mass is 35.5. The summed E-state index contributed by atoms with van der Waals surface area (Å²) < 4.78 is 5.64. The topological polar surface area (TPSA) is 47.3 Å². The Balaban J connectivity index is 2.00. The van der Waals surface area contributed by atoms with Crippen molar-refractivity contribution in [1.82, 2.24) is 5.43 Å². The van der Waals surface area contributed by atoms with E-state index in [9.17, 15) is 0 Å². The zero-order valence-electron chi connectivity index (χ0n) is 10.8. The third kappa shape index (κ3) is 3.23. The van der Waals surface area contributed by atoms with Crippen LogP contribution in [-0.4, -0.2) is 12.7 Å². The van der Waals surface area contributed by atoms with Crippen molar-refractivity contribution < 1.29 is 4.74 Å². The summed E-state index contributed by atoms with van der Waals surface area (Å²) in [6.07, 6.45) is 4.77. The Labute approximate surface area is 114 Å². The fourth-order valence-corrected chi connectivity index (χ4v) is 2.74. The van der Waals surface area contributed by atoms with Gasteiger partial charge in [-0.2, -0.15) is 0 Å². The summed E-state index contributed by atoms with van der Waals surface area (Å²) in [6, 6.07) is 6.11. The van der Waals surface area contributed by atoms with Gasteiger partial charge in [-0.1, -0.05) is 23.7 Å². The molecule has 18 heavy (non-hydrogen) atoms. The predicted octanol–water partition coefficient (Wildman–Crippen LogP) is 3.11. The molecule has 0 spiro atoms. The van der Waals surface area contributed by atoms with Crippen molar-refractivity contribution in [3.8, 4) is 0 Å². The predicted molar refractivity (Wildman–Crippen MR) is 74.5 cm³/mol. The Hall–Kier alpha value is -0.610.